The number of nitrogens with zero attached hydrogens (tertiary/aromatic N) is 1. The third kappa shape index (κ3) is 13.3. The minimum absolute atomic E-state index is 0.136. The smallest absolute Gasteiger partial charge is 0.105 e. The number of hydrogen-bond donors (Lipinski definition) is 1. The van der Waals surface area contributed by atoms with E-state index in [-0.39, 0.29) is 24.2 Å². The first-order valence-corrected chi connectivity index (χ1v) is 40.9. The first-order valence-electron chi connectivity index (χ1n) is 40.9. The zero-order valence-electron chi connectivity index (χ0n) is 60.3. The Kier molecular flexibility index (Phi) is 19.9. The van der Waals surface area contributed by atoms with Gasteiger partial charge in [0, 0.05) is 35.0 Å². The Bertz CT molecular complexity index is 3840. The number of nitrogens with one attached hydrogen (secondary N) is 1. The second-order valence-electron chi connectivity index (χ2n) is 33.8. The van der Waals surface area contributed by atoms with Crippen molar-refractivity contribution in [2.75, 3.05) is 4.90 Å². The van der Waals surface area contributed by atoms with E-state index in [4.69, 9.17) is 10.1 Å². The highest BCUT2D eigenvalue weighted by Crippen LogP contribution is 2.71. The van der Waals surface area contributed by atoms with Crippen LogP contribution in [-0.4, -0.2) is 26.0 Å². The molecule has 20 unspecified atom stereocenters. The molecule has 20 atom stereocenters. The van der Waals surface area contributed by atoms with Crippen LogP contribution >= 0.6 is 0 Å². The molecule has 3 nitrogen and oxygen atoms in total. The average molecular weight is 1310 g/mol. The van der Waals surface area contributed by atoms with Gasteiger partial charge in [0.2, 0.25) is 0 Å². The first kappa shape index (κ1) is 65.9. The molecule has 3 aromatic rings. The molecule has 4 saturated carbocycles. The molecule has 17 rings (SSSR count). The number of ether oxygens (including phenoxy) is 1. The zero-order valence-corrected chi connectivity index (χ0v) is 60.3. The summed E-state index contributed by atoms with van der Waals surface area (Å²) in [7, 11) is 2.70. The maximum absolute atomic E-state index is 8.08. The monoisotopic (exact) mass is 1310 g/mol. The highest BCUT2D eigenvalue weighted by Gasteiger charge is 2.65. The van der Waals surface area contributed by atoms with Gasteiger partial charge in [0.05, 0.1) is 18.2 Å². The molecular weight excluding hydrogens is 1200 g/mol. The minimum atomic E-state index is 0.136. The van der Waals surface area contributed by atoms with Crippen LogP contribution in [0.25, 0.3) is 0 Å². The number of rotatable bonds is 18. The molecule has 14 aliphatic rings. The van der Waals surface area contributed by atoms with Crippen LogP contribution in [0.1, 0.15) is 210 Å². The summed E-state index contributed by atoms with van der Waals surface area (Å²) in [4.78, 5) is 2.86. The molecule has 1 N–H and O–H groups in total. The molecule has 13 aliphatic carbocycles. The molecule has 514 valence electrons. The second kappa shape index (κ2) is 29.9. The van der Waals surface area contributed by atoms with Gasteiger partial charge in [-0.05, 0) is 291 Å². The van der Waals surface area contributed by atoms with E-state index in [0.717, 1.165) is 51.4 Å². The van der Waals surface area contributed by atoms with Crippen LogP contribution in [0.5, 0.6) is 0 Å². The molecule has 99 heavy (non-hydrogen) atoms. The van der Waals surface area contributed by atoms with Gasteiger partial charge in [0.1, 0.15) is 7.85 Å². The Morgan fingerprint density at radius 3 is 2.00 bits per heavy atom. The molecular formula is C95H115BN2O. The van der Waals surface area contributed by atoms with Crippen molar-refractivity contribution in [2.24, 2.45) is 82.9 Å². The largest absolute Gasteiger partial charge is 0.385 e. The maximum atomic E-state index is 8.08. The molecule has 0 spiro atoms. The van der Waals surface area contributed by atoms with Crippen molar-refractivity contribution in [1.29, 1.82) is 0 Å². The van der Waals surface area contributed by atoms with Gasteiger partial charge in [0.15, 0.2) is 0 Å². The predicted molar refractivity (Wildman–Crippen MR) is 416 cm³/mol. The second-order valence-corrected chi connectivity index (χ2v) is 33.8. The highest BCUT2D eigenvalue weighted by atomic mass is 16.5. The molecule has 1 saturated heterocycles. The Balaban J connectivity index is 0.879. The summed E-state index contributed by atoms with van der Waals surface area (Å²) in [5.74, 6) is 8.64. The third-order valence-corrected chi connectivity index (χ3v) is 28.6. The van der Waals surface area contributed by atoms with E-state index in [2.05, 4.69) is 220 Å². The van der Waals surface area contributed by atoms with Gasteiger partial charge >= 0.3 is 0 Å². The summed E-state index contributed by atoms with van der Waals surface area (Å²) in [5.41, 5.74) is 21.7. The van der Waals surface area contributed by atoms with E-state index in [1.807, 2.05) is 22.3 Å². The number of benzene rings is 3. The van der Waals surface area contributed by atoms with Gasteiger partial charge < -0.3 is 15.0 Å². The fraction of sp³-hybridized carbons (Fsp3) is 0.516. The first-order chi connectivity index (χ1) is 49.0. The van der Waals surface area contributed by atoms with Crippen molar-refractivity contribution in [3.8, 4) is 0 Å². The Morgan fingerprint density at radius 1 is 0.596 bits per heavy atom. The molecule has 5 fully saturated rings. The number of fused-ring (bicyclic) bond motifs is 4. The molecule has 0 aromatic heterocycles. The topological polar surface area (TPSA) is 24.5 Å². The van der Waals surface area contributed by atoms with Crippen LogP contribution < -0.4 is 10.2 Å². The molecule has 1 aliphatic heterocycles. The lowest BCUT2D eigenvalue weighted by atomic mass is 9.40. The van der Waals surface area contributed by atoms with Gasteiger partial charge in [0.25, 0.3) is 0 Å². The quantitative estimate of drug-likeness (QED) is 0.101. The predicted octanol–water partition coefficient (Wildman–Crippen LogP) is 23.3. The summed E-state index contributed by atoms with van der Waals surface area (Å²) in [5, 5.41) is 4.72. The lowest BCUT2D eigenvalue weighted by Crippen LogP contribution is -2.60. The summed E-state index contributed by atoms with van der Waals surface area (Å²) < 4.78 is 8.08. The van der Waals surface area contributed by atoms with Gasteiger partial charge in [-0.25, -0.2) is 0 Å². The third-order valence-electron chi connectivity index (χ3n) is 28.6. The van der Waals surface area contributed by atoms with Crippen molar-refractivity contribution in [3.05, 3.63) is 267 Å². The Morgan fingerprint density at radius 2 is 1.31 bits per heavy atom. The molecule has 1 heterocycles. The average Bonchev–Trinajstić information content (AvgIpc) is 1.68. The van der Waals surface area contributed by atoms with E-state index < -0.39 is 0 Å². The van der Waals surface area contributed by atoms with Crippen LogP contribution in [-0.2, 0) is 4.74 Å². The van der Waals surface area contributed by atoms with Crippen LogP contribution in [0.4, 0.5) is 5.69 Å². The van der Waals surface area contributed by atoms with Crippen molar-refractivity contribution in [2.45, 2.75) is 223 Å². The van der Waals surface area contributed by atoms with E-state index >= 15 is 0 Å². The number of anilines is 1. The van der Waals surface area contributed by atoms with Crippen molar-refractivity contribution >= 4 is 13.5 Å². The molecule has 4 heteroatoms. The lowest BCUT2D eigenvalue weighted by Gasteiger charge is -2.64. The van der Waals surface area contributed by atoms with E-state index in [1.165, 1.54) is 145 Å². The fourth-order valence-electron chi connectivity index (χ4n) is 24.7. The van der Waals surface area contributed by atoms with Crippen LogP contribution in [0, 0.1) is 82.9 Å². The van der Waals surface area contributed by atoms with Crippen molar-refractivity contribution in [3.63, 3.8) is 0 Å². The van der Waals surface area contributed by atoms with Crippen LogP contribution in [0.15, 0.2) is 256 Å². The minimum Gasteiger partial charge on any atom is -0.385 e. The number of allylic oxidation sites excluding steroid dienone is 25. The van der Waals surface area contributed by atoms with E-state index in [1.54, 1.807) is 33.6 Å². The van der Waals surface area contributed by atoms with Gasteiger partial charge in [-0.2, -0.15) is 0 Å². The van der Waals surface area contributed by atoms with Gasteiger partial charge in [-0.15, -0.1) is 0 Å². The van der Waals surface area contributed by atoms with E-state index in [0.29, 0.717) is 94.7 Å². The highest BCUT2D eigenvalue weighted by molar-refractivity contribution is 6.12. The summed E-state index contributed by atoms with van der Waals surface area (Å²) in [6.45, 7) is 2.60. The fourth-order valence-corrected chi connectivity index (χ4v) is 24.7. The standard InChI is InChI=1S/C95H115BN2O/c1-2-64-54-78-80(61-77(64)92-84(91(70-45-25-9-26-46-70)82-55-71(58-86(82)96)65-35-15-4-16-36-65)59-76(60-87(92)97-73-47-27-10-28-48-73)98(74-49-29-11-30-50-74)75-51-31-12-32-52-75)90(69-43-23-8-24-44-69)83-57-72(89(67-39-19-6-20-40-67)68-41-21-7-22-42-68)56-79-81(53-63-33-13-3-14-34-63)95-85(94(78)93(79)83)62-88(99-95)66-37-17-5-18-38-66/h3-6,9-13,15-19,25,27,29-31,33,35-39,41,43,45,49-51,54,60,71-73,76,79-86,88-95,97H,2,7-8,14,20-24,26,28,32,34,40,42,44,46-48,52-53,55-59,61-62,96H2,1H3. The van der Waals surface area contributed by atoms with Crippen molar-refractivity contribution < 1.29 is 4.74 Å². The normalized spacial score (nSPS) is 36.1. The SMILES string of the molecule is BC1CC(c2ccccc2)CC1C(C1=CC=CCC1)C1CC(N(C2=CC=CCC2)c2ccccc2)C=C(NC2CC=CCC2)C1C1=C(CC)C=C2C(C1)C(C1=CCCCC1)C1CC(C(C3=CC=CCC3)C3=CCCCC3)CC3C(CC4=CC=CCC4)C4OC(c5ccccc5)CC4C2C31. The van der Waals surface area contributed by atoms with Gasteiger partial charge in [-0.3, -0.25) is 0 Å². The molecule has 0 radical (unpaired) electrons. The zero-order chi connectivity index (χ0) is 66.2. The molecule has 3 aromatic carbocycles. The summed E-state index contributed by atoms with van der Waals surface area (Å²) in [6, 6.07) is 35.8. The Hall–Kier alpha value is -6.36. The maximum Gasteiger partial charge on any atom is 0.105 e. The van der Waals surface area contributed by atoms with Crippen molar-refractivity contribution in [1.82, 2.24) is 5.32 Å². The van der Waals surface area contributed by atoms with E-state index in [9.17, 15) is 0 Å². The molecule has 0 bridgehead atoms. The lowest BCUT2D eigenvalue weighted by molar-refractivity contribution is -0.135. The van der Waals surface area contributed by atoms with Crippen LogP contribution in [0.2, 0.25) is 5.82 Å². The number of hydrogen-bond acceptors (Lipinski definition) is 3. The van der Waals surface area contributed by atoms with Crippen LogP contribution in [0.3, 0.4) is 0 Å². The number of para-hydroxylation sites is 1. The van der Waals surface area contributed by atoms with Gasteiger partial charge in [-0.1, -0.05) is 234 Å². The Labute approximate surface area is 597 Å². The summed E-state index contributed by atoms with van der Waals surface area (Å²) >= 11 is 0. The summed E-state index contributed by atoms with van der Waals surface area (Å²) in [6.07, 6.45) is 81.2. The molecule has 0 amide bonds.